The number of hydrogen-bond acceptors (Lipinski definition) is 1. The van der Waals surface area contributed by atoms with Crippen LogP contribution < -0.4 is 5.32 Å². The monoisotopic (exact) mass is 259 g/mol. The highest BCUT2D eigenvalue weighted by Crippen LogP contribution is 2.20. The molecule has 78 valence electrons. The molecule has 1 nitrogen and oxygen atoms in total. The van der Waals surface area contributed by atoms with Crippen molar-refractivity contribution in [3.63, 3.8) is 0 Å². The predicted molar refractivity (Wildman–Crippen MR) is 62.1 cm³/mol. The van der Waals surface area contributed by atoms with Gasteiger partial charge >= 0.3 is 0 Å². The first-order chi connectivity index (χ1) is 6.63. The molecule has 0 aliphatic carbocycles. The minimum Gasteiger partial charge on any atom is -0.383 e. The lowest BCUT2D eigenvalue weighted by molar-refractivity contribution is 0.620. The van der Waals surface area contributed by atoms with Gasteiger partial charge in [0.1, 0.15) is 5.82 Å². The second kappa shape index (κ2) is 5.35. The number of hydrogen-bond donors (Lipinski definition) is 1. The van der Waals surface area contributed by atoms with E-state index in [1.807, 2.05) is 6.07 Å². The number of rotatable bonds is 4. The summed E-state index contributed by atoms with van der Waals surface area (Å²) in [7, 11) is 0. The van der Waals surface area contributed by atoms with Crippen LogP contribution in [0.5, 0.6) is 0 Å². The highest BCUT2D eigenvalue weighted by molar-refractivity contribution is 9.10. The van der Waals surface area contributed by atoms with Crippen LogP contribution >= 0.6 is 15.9 Å². The third-order valence-corrected chi connectivity index (χ3v) is 2.70. The van der Waals surface area contributed by atoms with Crippen molar-refractivity contribution in [2.24, 2.45) is 0 Å². The molecule has 14 heavy (non-hydrogen) atoms. The van der Waals surface area contributed by atoms with Gasteiger partial charge in [0.15, 0.2) is 0 Å². The molecule has 0 bridgehead atoms. The van der Waals surface area contributed by atoms with E-state index in [9.17, 15) is 4.39 Å². The summed E-state index contributed by atoms with van der Waals surface area (Å²) in [4.78, 5) is 0. The molecule has 1 aromatic carbocycles. The highest BCUT2D eigenvalue weighted by atomic mass is 79.9. The van der Waals surface area contributed by atoms with Crippen LogP contribution in [0.15, 0.2) is 22.7 Å². The first-order valence-electron chi connectivity index (χ1n) is 4.85. The summed E-state index contributed by atoms with van der Waals surface area (Å²) in [5.74, 6) is -0.223. The van der Waals surface area contributed by atoms with Crippen LogP contribution in [0.3, 0.4) is 0 Å². The summed E-state index contributed by atoms with van der Waals surface area (Å²) >= 11 is 3.12. The van der Waals surface area contributed by atoms with E-state index in [1.54, 1.807) is 6.07 Å². The molecule has 0 amide bonds. The summed E-state index contributed by atoms with van der Waals surface area (Å²) in [6.45, 7) is 4.24. The third-order valence-electron chi connectivity index (χ3n) is 2.05. The smallest absolute Gasteiger partial charge is 0.139 e. The quantitative estimate of drug-likeness (QED) is 0.855. The van der Waals surface area contributed by atoms with Gasteiger partial charge < -0.3 is 5.32 Å². The maximum Gasteiger partial charge on any atom is 0.139 e. The number of nitrogens with one attached hydrogen (secondary N) is 1. The van der Waals surface area contributed by atoms with Gasteiger partial charge in [0, 0.05) is 11.7 Å². The lowest BCUT2D eigenvalue weighted by Gasteiger charge is -2.14. The lowest BCUT2D eigenvalue weighted by atomic mass is 10.2. The molecule has 3 heteroatoms. The molecule has 0 fully saturated rings. The molecule has 0 aliphatic heterocycles. The zero-order valence-electron chi connectivity index (χ0n) is 8.48. The molecule has 1 atom stereocenters. The molecule has 0 saturated heterocycles. The van der Waals surface area contributed by atoms with Crippen molar-refractivity contribution >= 4 is 21.6 Å². The van der Waals surface area contributed by atoms with Gasteiger partial charge in [-0.1, -0.05) is 13.3 Å². The molecular formula is C11H15BrFN. The molecule has 1 aromatic rings. The Morgan fingerprint density at radius 1 is 1.50 bits per heavy atom. The van der Waals surface area contributed by atoms with Gasteiger partial charge in [-0.25, -0.2) is 4.39 Å². The molecule has 0 saturated carbocycles. The Morgan fingerprint density at radius 2 is 2.21 bits per heavy atom. The normalized spacial score (nSPS) is 12.6. The summed E-state index contributed by atoms with van der Waals surface area (Å²) in [6.07, 6.45) is 2.23. The van der Waals surface area contributed by atoms with Gasteiger partial charge in [-0.3, -0.25) is 0 Å². The van der Waals surface area contributed by atoms with E-state index in [1.165, 1.54) is 6.07 Å². The van der Waals surface area contributed by atoms with Crippen molar-refractivity contribution in [2.45, 2.75) is 32.7 Å². The van der Waals surface area contributed by atoms with Gasteiger partial charge in [0.2, 0.25) is 0 Å². The van der Waals surface area contributed by atoms with Crippen LogP contribution in [0.2, 0.25) is 0 Å². The standard InChI is InChI=1S/C11H15BrFN/c1-3-4-8(2)14-9-5-6-10(12)11(13)7-9/h5-8,14H,3-4H2,1-2H3. The van der Waals surface area contributed by atoms with E-state index in [0.29, 0.717) is 10.5 Å². The van der Waals surface area contributed by atoms with Gasteiger partial charge in [-0.15, -0.1) is 0 Å². The van der Waals surface area contributed by atoms with E-state index in [-0.39, 0.29) is 5.82 Å². The average molecular weight is 260 g/mol. The highest BCUT2D eigenvalue weighted by Gasteiger charge is 2.03. The van der Waals surface area contributed by atoms with Crippen molar-refractivity contribution in [1.29, 1.82) is 0 Å². The summed E-state index contributed by atoms with van der Waals surface area (Å²) < 4.78 is 13.6. The van der Waals surface area contributed by atoms with Crippen LogP contribution in [0.25, 0.3) is 0 Å². The molecule has 0 aromatic heterocycles. The first kappa shape index (κ1) is 11.5. The van der Waals surface area contributed by atoms with Gasteiger partial charge in [0.25, 0.3) is 0 Å². The average Bonchev–Trinajstić information content (AvgIpc) is 2.12. The lowest BCUT2D eigenvalue weighted by Crippen LogP contribution is -2.14. The molecule has 0 spiro atoms. The van der Waals surface area contributed by atoms with E-state index in [0.717, 1.165) is 18.5 Å². The molecule has 1 N–H and O–H groups in total. The van der Waals surface area contributed by atoms with E-state index < -0.39 is 0 Å². The van der Waals surface area contributed by atoms with Crippen LogP contribution in [0.1, 0.15) is 26.7 Å². The van der Waals surface area contributed by atoms with Gasteiger partial charge in [0.05, 0.1) is 4.47 Å². The largest absolute Gasteiger partial charge is 0.383 e. The first-order valence-corrected chi connectivity index (χ1v) is 5.64. The topological polar surface area (TPSA) is 12.0 Å². The zero-order chi connectivity index (χ0) is 10.6. The predicted octanol–water partition coefficient (Wildman–Crippen LogP) is 4.19. The van der Waals surface area contributed by atoms with Crippen molar-refractivity contribution in [3.8, 4) is 0 Å². The number of anilines is 1. The van der Waals surface area contributed by atoms with Gasteiger partial charge in [-0.05, 0) is 47.5 Å². The van der Waals surface area contributed by atoms with Gasteiger partial charge in [-0.2, -0.15) is 0 Å². The second-order valence-corrected chi connectivity index (χ2v) is 4.32. The van der Waals surface area contributed by atoms with Crippen molar-refractivity contribution < 1.29 is 4.39 Å². The van der Waals surface area contributed by atoms with Crippen LogP contribution in [0.4, 0.5) is 10.1 Å². The maximum atomic E-state index is 13.1. The van der Waals surface area contributed by atoms with Crippen LogP contribution in [-0.2, 0) is 0 Å². The van der Waals surface area contributed by atoms with Crippen molar-refractivity contribution in [3.05, 3.63) is 28.5 Å². The molecule has 0 heterocycles. The molecule has 0 radical (unpaired) electrons. The Morgan fingerprint density at radius 3 is 2.79 bits per heavy atom. The van der Waals surface area contributed by atoms with Crippen molar-refractivity contribution in [1.82, 2.24) is 0 Å². The minimum absolute atomic E-state index is 0.223. The van der Waals surface area contributed by atoms with Crippen molar-refractivity contribution in [2.75, 3.05) is 5.32 Å². The van der Waals surface area contributed by atoms with E-state index in [4.69, 9.17) is 0 Å². The zero-order valence-corrected chi connectivity index (χ0v) is 10.1. The summed E-state index contributed by atoms with van der Waals surface area (Å²) in [6, 6.07) is 5.49. The number of benzene rings is 1. The molecule has 0 aliphatic rings. The van der Waals surface area contributed by atoms with E-state index in [2.05, 4.69) is 35.1 Å². The van der Waals surface area contributed by atoms with E-state index >= 15 is 0 Å². The third kappa shape index (κ3) is 3.29. The SMILES string of the molecule is CCCC(C)Nc1ccc(Br)c(F)c1. The minimum atomic E-state index is -0.223. The van der Waals surface area contributed by atoms with Crippen LogP contribution in [0, 0.1) is 5.82 Å². The Hall–Kier alpha value is -0.570. The van der Waals surface area contributed by atoms with Crippen LogP contribution in [-0.4, -0.2) is 6.04 Å². The second-order valence-electron chi connectivity index (χ2n) is 3.46. The maximum absolute atomic E-state index is 13.1. The number of halogens is 2. The Bertz CT molecular complexity index is 301. The Kier molecular flexibility index (Phi) is 4.39. The fourth-order valence-electron chi connectivity index (χ4n) is 1.38. The molecule has 1 rings (SSSR count). The summed E-state index contributed by atoms with van der Waals surface area (Å²) in [5.41, 5.74) is 0.839. The fraction of sp³-hybridized carbons (Fsp3) is 0.455. The molecule has 1 unspecified atom stereocenters. The Balaban J connectivity index is 2.63. The fourth-order valence-corrected chi connectivity index (χ4v) is 1.62. The summed E-state index contributed by atoms with van der Waals surface area (Å²) in [5, 5.41) is 3.25. The Labute approximate surface area is 92.8 Å². The molecular weight excluding hydrogens is 245 g/mol.